The number of aldehydes is 1. The van der Waals surface area contributed by atoms with E-state index in [1.165, 1.54) is 7.05 Å². The molecule has 1 aromatic heterocycles. The molecule has 0 spiro atoms. The Morgan fingerprint density at radius 2 is 1.81 bits per heavy atom. The van der Waals surface area contributed by atoms with Crippen LogP contribution in [0.25, 0.3) is 0 Å². The maximum atomic E-state index is 11.7. The molecule has 1 aliphatic rings. The third-order valence-corrected chi connectivity index (χ3v) is 4.02. The minimum atomic E-state index is -0.660. The first-order chi connectivity index (χ1) is 9.71. The average molecular weight is 290 g/mol. The highest BCUT2D eigenvalue weighted by atomic mass is 16.7. The number of nitrogens with zero attached hydrogens (tertiary/aromatic N) is 1. The number of carbonyl (C=O) groups is 2. The predicted molar refractivity (Wildman–Crippen MR) is 78.7 cm³/mol. The van der Waals surface area contributed by atoms with Crippen LogP contribution in [0.15, 0.2) is 12.1 Å². The van der Waals surface area contributed by atoms with E-state index in [4.69, 9.17) is 9.31 Å². The van der Waals surface area contributed by atoms with Gasteiger partial charge < -0.3 is 14.6 Å². The summed E-state index contributed by atoms with van der Waals surface area (Å²) in [5.41, 5.74) is -0.196. The van der Waals surface area contributed by atoms with Crippen molar-refractivity contribution < 1.29 is 18.9 Å². The largest absolute Gasteiger partial charge is 0.514 e. The Balaban J connectivity index is 2.35. The SMILES string of the molecule is CNC(=O)c1ccc(B2OC(C)(C)C(C)(C)O2)nc1C=O. The first-order valence-corrected chi connectivity index (χ1v) is 6.75. The molecule has 1 saturated heterocycles. The lowest BCUT2D eigenvalue weighted by Gasteiger charge is -2.32. The van der Waals surface area contributed by atoms with Crippen LogP contribution in [0.5, 0.6) is 0 Å². The summed E-state index contributed by atoms with van der Waals surface area (Å²) in [4.78, 5) is 27.0. The lowest BCUT2D eigenvalue weighted by atomic mass is 9.83. The minimum absolute atomic E-state index is 0.0709. The Labute approximate surface area is 124 Å². The number of carbonyl (C=O) groups excluding carboxylic acids is 2. The highest BCUT2D eigenvalue weighted by Crippen LogP contribution is 2.36. The van der Waals surface area contributed by atoms with E-state index in [-0.39, 0.29) is 17.2 Å². The molecule has 112 valence electrons. The van der Waals surface area contributed by atoms with Gasteiger partial charge >= 0.3 is 7.12 Å². The van der Waals surface area contributed by atoms with Gasteiger partial charge in [0.05, 0.1) is 22.4 Å². The summed E-state index contributed by atoms with van der Waals surface area (Å²) in [7, 11) is 0.839. The van der Waals surface area contributed by atoms with Crippen LogP contribution in [0.2, 0.25) is 0 Å². The molecule has 0 saturated carbocycles. The van der Waals surface area contributed by atoms with E-state index in [9.17, 15) is 9.59 Å². The third-order valence-electron chi connectivity index (χ3n) is 4.02. The molecule has 1 fully saturated rings. The number of pyridine rings is 1. The molecule has 0 atom stereocenters. The molecule has 0 aliphatic carbocycles. The van der Waals surface area contributed by atoms with Gasteiger partial charge in [0.15, 0.2) is 6.29 Å². The van der Waals surface area contributed by atoms with Crippen LogP contribution in [-0.4, -0.2) is 42.5 Å². The van der Waals surface area contributed by atoms with Gasteiger partial charge in [-0.05, 0) is 39.8 Å². The van der Waals surface area contributed by atoms with Gasteiger partial charge in [-0.25, -0.2) is 0 Å². The molecule has 2 rings (SSSR count). The Hall–Kier alpha value is -1.73. The molecule has 2 heterocycles. The van der Waals surface area contributed by atoms with Crippen molar-refractivity contribution in [2.75, 3.05) is 7.05 Å². The Morgan fingerprint density at radius 1 is 1.24 bits per heavy atom. The molecule has 1 aliphatic heterocycles. The molecule has 0 unspecified atom stereocenters. The van der Waals surface area contributed by atoms with E-state index in [2.05, 4.69) is 10.3 Å². The summed E-state index contributed by atoms with van der Waals surface area (Å²) < 4.78 is 11.8. The van der Waals surface area contributed by atoms with Crippen molar-refractivity contribution in [3.63, 3.8) is 0 Å². The summed E-state index contributed by atoms with van der Waals surface area (Å²) in [6.07, 6.45) is 0.555. The minimum Gasteiger partial charge on any atom is -0.398 e. The second-order valence-electron chi connectivity index (χ2n) is 5.95. The summed E-state index contributed by atoms with van der Waals surface area (Å²) >= 11 is 0. The van der Waals surface area contributed by atoms with Gasteiger partial charge in [0.25, 0.3) is 5.91 Å². The zero-order valence-electron chi connectivity index (χ0n) is 12.9. The fraction of sp³-hybridized carbons (Fsp3) is 0.500. The first kappa shape index (κ1) is 15.7. The molecule has 1 N–H and O–H groups in total. The monoisotopic (exact) mass is 290 g/mol. The van der Waals surface area contributed by atoms with Crippen molar-refractivity contribution in [3.05, 3.63) is 23.4 Å². The Morgan fingerprint density at radius 3 is 2.29 bits per heavy atom. The fourth-order valence-electron chi connectivity index (χ4n) is 2.00. The van der Waals surface area contributed by atoms with Crippen LogP contribution >= 0.6 is 0 Å². The summed E-state index contributed by atoms with van der Waals surface area (Å²) in [5.74, 6) is -0.356. The van der Waals surface area contributed by atoms with Crippen LogP contribution in [0.4, 0.5) is 0 Å². The maximum absolute atomic E-state index is 11.7. The molecule has 0 radical (unpaired) electrons. The lowest BCUT2D eigenvalue weighted by Crippen LogP contribution is -2.41. The van der Waals surface area contributed by atoms with E-state index in [0.717, 1.165) is 0 Å². The van der Waals surface area contributed by atoms with E-state index in [1.807, 2.05) is 27.7 Å². The van der Waals surface area contributed by atoms with Crippen LogP contribution in [0.3, 0.4) is 0 Å². The highest BCUT2D eigenvalue weighted by Gasteiger charge is 2.52. The molecule has 0 bridgehead atoms. The Kier molecular flexibility index (Phi) is 3.90. The van der Waals surface area contributed by atoms with Gasteiger partial charge in [-0.3, -0.25) is 14.6 Å². The molecular weight excluding hydrogens is 271 g/mol. The van der Waals surface area contributed by atoms with Gasteiger partial charge in [0.1, 0.15) is 5.69 Å². The zero-order valence-corrected chi connectivity index (χ0v) is 12.9. The van der Waals surface area contributed by atoms with Crippen LogP contribution in [-0.2, 0) is 9.31 Å². The third kappa shape index (κ3) is 2.71. The molecule has 21 heavy (non-hydrogen) atoms. The summed E-state index contributed by atoms with van der Waals surface area (Å²) in [6, 6.07) is 3.19. The fourth-order valence-corrected chi connectivity index (χ4v) is 2.00. The van der Waals surface area contributed by atoms with Crippen molar-refractivity contribution in [2.45, 2.75) is 38.9 Å². The maximum Gasteiger partial charge on any atom is 0.514 e. The van der Waals surface area contributed by atoms with E-state index in [0.29, 0.717) is 11.9 Å². The molecule has 6 nitrogen and oxygen atoms in total. The standard InChI is InChI=1S/C14H19BN2O4/c1-13(2)14(3,4)21-15(20-13)11-7-6-9(12(19)16-5)10(8-18)17-11/h6-8H,1-5H3,(H,16,19). The molecule has 0 aromatic carbocycles. The summed E-state index contributed by atoms with van der Waals surface area (Å²) in [6.45, 7) is 7.75. The van der Waals surface area contributed by atoms with Crippen LogP contribution < -0.4 is 10.9 Å². The van der Waals surface area contributed by atoms with Crippen LogP contribution in [0.1, 0.15) is 48.5 Å². The van der Waals surface area contributed by atoms with Gasteiger partial charge in [-0.2, -0.15) is 0 Å². The van der Waals surface area contributed by atoms with Gasteiger partial charge in [0.2, 0.25) is 0 Å². The smallest absolute Gasteiger partial charge is 0.398 e. The van der Waals surface area contributed by atoms with Crippen molar-refractivity contribution in [3.8, 4) is 0 Å². The van der Waals surface area contributed by atoms with E-state index >= 15 is 0 Å². The second kappa shape index (κ2) is 5.24. The average Bonchev–Trinajstić information content (AvgIpc) is 2.66. The molecule has 1 aromatic rings. The van der Waals surface area contributed by atoms with E-state index < -0.39 is 18.3 Å². The van der Waals surface area contributed by atoms with Gasteiger partial charge in [-0.1, -0.05) is 0 Å². The second-order valence-corrected chi connectivity index (χ2v) is 5.95. The highest BCUT2D eigenvalue weighted by molar-refractivity contribution is 6.61. The number of hydrogen-bond acceptors (Lipinski definition) is 5. The zero-order chi connectivity index (χ0) is 15.8. The Bertz CT molecular complexity index is 570. The van der Waals surface area contributed by atoms with Gasteiger partial charge in [0, 0.05) is 7.05 Å². The van der Waals surface area contributed by atoms with Crippen molar-refractivity contribution in [2.24, 2.45) is 0 Å². The first-order valence-electron chi connectivity index (χ1n) is 6.75. The molecule has 1 amide bonds. The molecule has 7 heteroatoms. The van der Waals surface area contributed by atoms with Gasteiger partial charge in [-0.15, -0.1) is 0 Å². The number of nitrogens with one attached hydrogen (secondary N) is 1. The molecular formula is C14H19BN2O4. The number of amides is 1. The number of aromatic nitrogens is 1. The van der Waals surface area contributed by atoms with Crippen molar-refractivity contribution in [1.29, 1.82) is 0 Å². The normalized spacial score (nSPS) is 19.4. The number of hydrogen-bond donors (Lipinski definition) is 1. The number of rotatable bonds is 3. The van der Waals surface area contributed by atoms with Crippen molar-refractivity contribution >= 4 is 24.9 Å². The lowest BCUT2D eigenvalue weighted by molar-refractivity contribution is 0.00578. The summed E-state index contributed by atoms with van der Waals surface area (Å²) in [5, 5.41) is 2.47. The topological polar surface area (TPSA) is 77.5 Å². The quantitative estimate of drug-likeness (QED) is 0.650. The van der Waals surface area contributed by atoms with E-state index in [1.54, 1.807) is 12.1 Å². The predicted octanol–water partition coefficient (Wildman–Crippen LogP) is 0.553. The van der Waals surface area contributed by atoms with Crippen LogP contribution in [0, 0.1) is 0 Å². The van der Waals surface area contributed by atoms with Crippen molar-refractivity contribution in [1.82, 2.24) is 10.3 Å².